The molecule has 1 heteroatoms. The van der Waals surface area contributed by atoms with Crippen LogP contribution >= 0.6 is 0 Å². The fraction of sp³-hybridized carbons (Fsp3) is 0.364. The van der Waals surface area contributed by atoms with E-state index in [0.717, 1.165) is 0 Å². The zero-order valence-corrected chi connectivity index (χ0v) is 8.33. The van der Waals surface area contributed by atoms with E-state index in [0.29, 0.717) is 0 Å². The Kier molecular flexibility index (Phi) is 5.98. The van der Waals surface area contributed by atoms with E-state index in [-0.39, 0.29) is 0 Å². The molecule has 0 N–H and O–H groups in total. The highest BCUT2D eigenvalue weighted by atomic mass is 14.7. The molecule has 12 heavy (non-hydrogen) atoms. The second-order valence-corrected chi connectivity index (χ2v) is 2.63. The van der Waals surface area contributed by atoms with Gasteiger partial charge in [0.05, 0.1) is 0 Å². The number of hydrogen-bond donors (Lipinski definition) is 0. The third kappa shape index (κ3) is 4.67. The molecule has 0 aromatic carbocycles. The second kappa shape index (κ2) is 6.59. The van der Waals surface area contributed by atoms with Gasteiger partial charge in [-0.3, -0.25) is 4.99 Å². The van der Waals surface area contributed by atoms with Gasteiger partial charge in [0, 0.05) is 12.4 Å². The van der Waals surface area contributed by atoms with E-state index in [1.54, 1.807) is 6.20 Å². The van der Waals surface area contributed by atoms with E-state index in [9.17, 15) is 0 Å². The average molecular weight is 163 g/mol. The van der Waals surface area contributed by atoms with E-state index in [4.69, 9.17) is 0 Å². The van der Waals surface area contributed by atoms with Crippen LogP contribution in [0, 0.1) is 0 Å². The Morgan fingerprint density at radius 3 is 2.17 bits per heavy atom. The molecular formula is C11H17N. The molecule has 0 aliphatic carbocycles. The first-order chi connectivity index (χ1) is 5.72. The van der Waals surface area contributed by atoms with Gasteiger partial charge in [-0.2, -0.15) is 0 Å². The van der Waals surface area contributed by atoms with Crippen LogP contribution < -0.4 is 0 Å². The Balaban J connectivity index is 4.35. The van der Waals surface area contributed by atoms with Gasteiger partial charge in [0.2, 0.25) is 0 Å². The predicted molar refractivity (Wildman–Crippen MR) is 56.5 cm³/mol. The third-order valence-electron chi connectivity index (χ3n) is 1.54. The van der Waals surface area contributed by atoms with Crippen LogP contribution in [0.2, 0.25) is 0 Å². The first-order valence-electron chi connectivity index (χ1n) is 4.17. The van der Waals surface area contributed by atoms with Crippen molar-refractivity contribution >= 4 is 6.21 Å². The van der Waals surface area contributed by atoms with E-state index in [1.165, 1.54) is 11.1 Å². The Bertz CT molecular complexity index is 229. The van der Waals surface area contributed by atoms with Crippen molar-refractivity contribution in [2.45, 2.75) is 27.7 Å². The SMILES string of the molecule is C\C=C/C(C)=C(C)\C=N\C=C\C. The van der Waals surface area contributed by atoms with E-state index in [1.807, 2.05) is 32.2 Å². The molecule has 0 spiro atoms. The number of aliphatic imine (C=N–C) groups is 1. The van der Waals surface area contributed by atoms with Crippen LogP contribution in [0.15, 0.2) is 40.6 Å². The monoisotopic (exact) mass is 163 g/mol. The standard InChI is InChI=1S/C11H17N/c1-5-7-10(3)11(4)9-12-8-6-2/h5-9H,1-4H3/b7-5-,8-6+,11-10-,12-9+. The minimum atomic E-state index is 1.20. The summed E-state index contributed by atoms with van der Waals surface area (Å²) in [5.74, 6) is 0. The second-order valence-electron chi connectivity index (χ2n) is 2.63. The van der Waals surface area contributed by atoms with Gasteiger partial charge in [-0.1, -0.05) is 18.2 Å². The quantitative estimate of drug-likeness (QED) is 0.446. The van der Waals surface area contributed by atoms with Crippen LogP contribution in [0.1, 0.15) is 27.7 Å². The van der Waals surface area contributed by atoms with Gasteiger partial charge in [0.15, 0.2) is 0 Å². The van der Waals surface area contributed by atoms with Crippen LogP contribution in [0.3, 0.4) is 0 Å². The number of hydrogen-bond acceptors (Lipinski definition) is 1. The van der Waals surface area contributed by atoms with Crippen LogP contribution in [-0.4, -0.2) is 6.21 Å². The minimum Gasteiger partial charge on any atom is -0.265 e. The Morgan fingerprint density at radius 1 is 1.00 bits per heavy atom. The lowest BCUT2D eigenvalue weighted by Crippen LogP contribution is -1.81. The average Bonchev–Trinajstić information content (AvgIpc) is 2.05. The molecule has 1 nitrogen and oxygen atoms in total. The predicted octanol–water partition coefficient (Wildman–Crippen LogP) is 3.50. The first kappa shape index (κ1) is 10.9. The largest absolute Gasteiger partial charge is 0.265 e. The van der Waals surface area contributed by atoms with Crippen molar-refractivity contribution < 1.29 is 0 Å². The van der Waals surface area contributed by atoms with E-state index >= 15 is 0 Å². The van der Waals surface area contributed by atoms with Crippen molar-refractivity contribution in [2.24, 2.45) is 4.99 Å². The summed E-state index contributed by atoms with van der Waals surface area (Å²) in [6, 6.07) is 0. The zero-order valence-electron chi connectivity index (χ0n) is 8.33. The minimum absolute atomic E-state index is 1.20. The molecule has 0 saturated heterocycles. The van der Waals surface area contributed by atoms with E-state index < -0.39 is 0 Å². The summed E-state index contributed by atoms with van der Waals surface area (Å²) in [4.78, 5) is 4.10. The topological polar surface area (TPSA) is 12.4 Å². The zero-order chi connectivity index (χ0) is 9.40. The normalized spacial score (nSPS) is 15.0. The molecule has 0 fully saturated rings. The highest BCUT2D eigenvalue weighted by Crippen LogP contribution is 2.02. The summed E-state index contributed by atoms with van der Waals surface area (Å²) in [6.45, 7) is 8.11. The smallest absolute Gasteiger partial charge is 0.0299 e. The van der Waals surface area contributed by atoms with Gasteiger partial charge < -0.3 is 0 Å². The van der Waals surface area contributed by atoms with E-state index in [2.05, 4.69) is 24.9 Å². The molecule has 0 aromatic rings. The van der Waals surface area contributed by atoms with Gasteiger partial charge in [-0.25, -0.2) is 0 Å². The molecule has 0 aliphatic heterocycles. The lowest BCUT2D eigenvalue weighted by molar-refractivity contribution is 1.40. The summed E-state index contributed by atoms with van der Waals surface area (Å²) in [5.41, 5.74) is 2.46. The fourth-order valence-corrected chi connectivity index (χ4v) is 0.724. The van der Waals surface area contributed by atoms with Gasteiger partial charge >= 0.3 is 0 Å². The maximum Gasteiger partial charge on any atom is 0.0299 e. The summed E-state index contributed by atoms with van der Waals surface area (Å²) in [7, 11) is 0. The number of rotatable bonds is 3. The maximum absolute atomic E-state index is 4.10. The van der Waals surface area contributed by atoms with Crippen LogP contribution in [0.5, 0.6) is 0 Å². The summed E-state index contributed by atoms with van der Waals surface area (Å²) >= 11 is 0. The summed E-state index contributed by atoms with van der Waals surface area (Å²) in [5, 5.41) is 0. The van der Waals surface area contributed by atoms with Crippen molar-refractivity contribution in [1.82, 2.24) is 0 Å². The first-order valence-corrected chi connectivity index (χ1v) is 4.17. The van der Waals surface area contributed by atoms with Crippen LogP contribution in [0.25, 0.3) is 0 Å². The Labute approximate surface area is 75.2 Å². The number of allylic oxidation sites excluding steroid dienone is 5. The molecule has 0 aliphatic rings. The van der Waals surface area contributed by atoms with Crippen molar-refractivity contribution in [1.29, 1.82) is 0 Å². The van der Waals surface area contributed by atoms with Crippen molar-refractivity contribution in [3.63, 3.8) is 0 Å². The molecular weight excluding hydrogens is 146 g/mol. The van der Waals surface area contributed by atoms with Crippen molar-refractivity contribution in [3.05, 3.63) is 35.6 Å². The molecule has 0 radical (unpaired) electrons. The molecule has 0 aromatic heterocycles. The number of nitrogens with zero attached hydrogens (tertiary/aromatic N) is 1. The van der Waals surface area contributed by atoms with Crippen LogP contribution in [0.4, 0.5) is 0 Å². The molecule has 0 heterocycles. The maximum atomic E-state index is 4.10. The van der Waals surface area contributed by atoms with Crippen molar-refractivity contribution in [2.75, 3.05) is 0 Å². The highest BCUT2D eigenvalue weighted by molar-refractivity contribution is 5.79. The summed E-state index contributed by atoms with van der Waals surface area (Å²) in [6.07, 6.45) is 9.68. The van der Waals surface area contributed by atoms with Gasteiger partial charge in [0.1, 0.15) is 0 Å². The Hall–Kier alpha value is -1.11. The van der Waals surface area contributed by atoms with Crippen LogP contribution in [-0.2, 0) is 0 Å². The molecule has 0 atom stereocenters. The molecule has 0 unspecified atom stereocenters. The lowest BCUT2D eigenvalue weighted by Gasteiger charge is -1.94. The lowest BCUT2D eigenvalue weighted by atomic mass is 10.1. The highest BCUT2D eigenvalue weighted by Gasteiger charge is 1.86. The molecule has 0 bridgehead atoms. The van der Waals surface area contributed by atoms with Gasteiger partial charge in [-0.15, -0.1) is 0 Å². The summed E-state index contributed by atoms with van der Waals surface area (Å²) < 4.78 is 0. The third-order valence-corrected chi connectivity index (χ3v) is 1.54. The molecule has 0 saturated carbocycles. The van der Waals surface area contributed by atoms with Gasteiger partial charge in [-0.05, 0) is 38.8 Å². The molecule has 66 valence electrons. The molecule has 0 amide bonds. The molecule has 0 rings (SSSR count). The fourth-order valence-electron chi connectivity index (χ4n) is 0.724. The Morgan fingerprint density at radius 2 is 1.67 bits per heavy atom. The van der Waals surface area contributed by atoms with Gasteiger partial charge in [0.25, 0.3) is 0 Å². The van der Waals surface area contributed by atoms with Crippen molar-refractivity contribution in [3.8, 4) is 0 Å².